The molecule has 4 rings (SSSR count). The van der Waals surface area contributed by atoms with Crippen LogP contribution < -0.4 is 18.9 Å². The highest BCUT2D eigenvalue weighted by Gasteiger charge is 2.52. The Bertz CT molecular complexity index is 1630. The second-order valence-corrected chi connectivity index (χ2v) is 10.1. The van der Waals surface area contributed by atoms with E-state index in [2.05, 4.69) is 0 Å². The minimum absolute atomic E-state index is 0.0315. The zero-order valence-electron chi connectivity index (χ0n) is 24.2. The minimum Gasteiger partial charge on any atom is -0.468 e. The smallest absolute Gasteiger partial charge is 0.316 e. The van der Waals surface area contributed by atoms with Gasteiger partial charge in [-0.15, -0.1) is 0 Å². The van der Waals surface area contributed by atoms with Gasteiger partial charge in [-0.3, -0.25) is 33.6 Å². The van der Waals surface area contributed by atoms with Crippen LogP contribution in [0.3, 0.4) is 0 Å². The van der Waals surface area contributed by atoms with Gasteiger partial charge in [0.2, 0.25) is 11.6 Å². The Hall–Kier alpha value is -4.91. The van der Waals surface area contributed by atoms with Gasteiger partial charge < -0.3 is 28.8 Å². The van der Waals surface area contributed by atoms with Gasteiger partial charge in [-0.2, -0.15) is 0 Å². The summed E-state index contributed by atoms with van der Waals surface area (Å²) >= 11 is 0. The first-order valence-electron chi connectivity index (χ1n) is 13.2. The highest BCUT2D eigenvalue weighted by Crippen LogP contribution is 2.54. The first-order valence-corrected chi connectivity index (χ1v) is 13.2. The van der Waals surface area contributed by atoms with E-state index in [4.69, 9.17) is 23.7 Å². The average Bonchev–Trinajstić information content (AvgIpc) is 2.91. The molecule has 2 aliphatic rings. The summed E-state index contributed by atoms with van der Waals surface area (Å²) in [5.41, 5.74) is -3.96. The number of esters is 5. The standard InChI is InChI=1S/C30H28O13/c1-7-30(38)11-10-16-19(24(30)29(37)39-6)28(43-15(5)34)23-22(27(16)42-14(4)33)25(35)20-17(40-12(2)31)8-9-18(41-13(3)32)21(20)26(23)36/h8-9,24,38H,7,10-11H2,1-6H3. The van der Waals surface area contributed by atoms with Crippen molar-refractivity contribution in [3.63, 3.8) is 0 Å². The zero-order valence-corrected chi connectivity index (χ0v) is 24.2. The molecule has 2 aromatic rings. The van der Waals surface area contributed by atoms with Crippen molar-refractivity contribution in [3.8, 4) is 23.0 Å². The Balaban J connectivity index is 2.24. The van der Waals surface area contributed by atoms with Crippen LogP contribution in [0.5, 0.6) is 23.0 Å². The number of benzene rings is 2. The SMILES string of the molecule is CCC1(O)CCc2c(OC(C)=O)c3c(c(OC(C)=O)c2C1C(=O)OC)C(=O)c1c(OC(C)=O)ccc(OC(C)=O)c1C3=O. The zero-order chi connectivity index (χ0) is 32.0. The number of hydrogen-bond acceptors (Lipinski definition) is 13. The largest absolute Gasteiger partial charge is 0.468 e. The van der Waals surface area contributed by atoms with Gasteiger partial charge in [0, 0.05) is 38.8 Å². The molecule has 0 aromatic heterocycles. The molecule has 2 aliphatic carbocycles. The van der Waals surface area contributed by atoms with E-state index in [1.54, 1.807) is 6.92 Å². The molecular formula is C30H28O13. The highest BCUT2D eigenvalue weighted by atomic mass is 16.6. The van der Waals surface area contributed by atoms with Gasteiger partial charge in [-0.25, -0.2) is 0 Å². The number of ketones is 2. The number of methoxy groups -OCH3 is 1. The van der Waals surface area contributed by atoms with E-state index in [1.807, 2.05) is 0 Å². The molecule has 0 radical (unpaired) electrons. The quantitative estimate of drug-likeness (QED) is 0.323. The average molecular weight is 597 g/mol. The first kappa shape index (κ1) is 31.0. The topological polar surface area (TPSA) is 186 Å². The number of carbonyl (C=O) groups excluding carboxylic acids is 7. The maximum atomic E-state index is 14.4. The maximum Gasteiger partial charge on any atom is 0.316 e. The van der Waals surface area contributed by atoms with Crippen LogP contribution in [0.15, 0.2) is 12.1 Å². The molecule has 0 fully saturated rings. The normalized spacial score (nSPS) is 18.4. The molecule has 2 atom stereocenters. The summed E-state index contributed by atoms with van der Waals surface area (Å²) in [7, 11) is 1.08. The predicted molar refractivity (Wildman–Crippen MR) is 143 cm³/mol. The van der Waals surface area contributed by atoms with E-state index in [-0.39, 0.29) is 41.9 Å². The molecule has 0 heterocycles. The Kier molecular flexibility index (Phi) is 8.23. The van der Waals surface area contributed by atoms with Crippen molar-refractivity contribution in [1.29, 1.82) is 0 Å². The van der Waals surface area contributed by atoms with Crippen molar-refractivity contribution in [3.05, 3.63) is 45.5 Å². The number of fused-ring (bicyclic) bond motifs is 3. The predicted octanol–water partition coefficient (Wildman–Crippen LogP) is 2.51. The van der Waals surface area contributed by atoms with Gasteiger partial charge in [0.25, 0.3) is 0 Å². The lowest BCUT2D eigenvalue weighted by molar-refractivity contribution is -0.151. The number of carbonyl (C=O) groups is 7. The molecule has 43 heavy (non-hydrogen) atoms. The lowest BCUT2D eigenvalue weighted by Crippen LogP contribution is -2.45. The van der Waals surface area contributed by atoms with E-state index in [0.29, 0.717) is 0 Å². The molecule has 0 saturated heterocycles. The molecule has 13 nitrogen and oxygen atoms in total. The summed E-state index contributed by atoms with van der Waals surface area (Å²) in [6.07, 6.45) is -0.101. The van der Waals surface area contributed by atoms with Crippen LogP contribution in [0, 0.1) is 0 Å². The van der Waals surface area contributed by atoms with Crippen LogP contribution in [0.4, 0.5) is 0 Å². The van der Waals surface area contributed by atoms with Gasteiger partial charge in [0.1, 0.15) is 28.9 Å². The fourth-order valence-corrected chi connectivity index (χ4v) is 5.60. The summed E-state index contributed by atoms with van der Waals surface area (Å²) in [6, 6.07) is 2.29. The van der Waals surface area contributed by atoms with Crippen LogP contribution in [-0.2, 0) is 35.1 Å². The van der Waals surface area contributed by atoms with E-state index < -0.39 is 86.7 Å². The fourth-order valence-electron chi connectivity index (χ4n) is 5.60. The number of hydrogen-bond donors (Lipinski definition) is 1. The second kappa shape index (κ2) is 11.4. The Morgan fingerprint density at radius 2 is 1.21 bits per heavy atom. The van der Waals surface area contributed by atoms with Gasteiger partial charge in [-0.05, 0) is 31.4 Å². The monoisotopic (exact) mass is 596 g/mol. The van der Waals surface area contributed by atoms with Crippen molar-refractivity contribution in [2.75, 3.05) is 7.11 Å². The van der Waals surface area contributed by atoms with Crippen molar-refractivity contribution < 1.29 is 62.4 Å². The molecule has 0 bridgehead atoms. The Morgan fingerprint density at radius 3 is 1.63 bits per heavy atom. The van der Waals surface area contributed by atoms with Crippen molar-refractivity contribution in [1.82, 2.24) is 0 Å². The third kappa shape index (κ3) is 5.27. The molecule has 1 N–H and O–H groups in total. The van der Waals surface area contributed by atoms with Crippen molar-refractivity contribution in [2.24, 2.45) is 0 Å². The number of rotatable bonds is 6. The Labute approximate surface area is 245 Å². The van der Waals surface area contributed by atoms with Crippen LogP contribution in [0.25, 0.3) is 0 Å². The molecule has 0 amide bonds. The first-order chi connectivity index (χ1) is 20.2. The van der Waals surface area contributed by atoms with Crippen LogP contribution in [0.2, 0.25) is 0 Å². The van der Waals surface area contributed by atoms with Crippen LogP contribution in [-0.4, -0.2) is 59.2 Å². The third-order valence-electron chi connectivity index (χ3n) is 7.27. The lowest BCUT2D eigenvalue weighted by Gasteiger charge is -2.41. The van der Waals surface area contributed by atoms with Crippen LogP contribution in [0.1, 0.15) is 96.3 Å². The molecule has 0 saturated carbocycles. The van der Waals surface area contributed by atoms with Crippen molar-refractivity contribution >= 4 is 41.4 Å². The highest BCUT2D eigenvalue weighted by molar-refractivity contribution is 6.33. The maximum absolute atomic E-state index is 14.4. The molecule has 2 aromatic carbocycles. The molecular weight excluding hydrogens is 568 g/mol. The molecule has 226 valence electrons. The van der Waals surface area contributed by atoms with E-state index in [9.17, 15) is 38.7 Å². The molecule has 2 unspecified atom stereocenters. The van der Waals surface area contributed by atoms with Crippen molar-refractivity contribution in [2.45, 2.75) is 65.4 Å². The van der Waals surface area contributed by atoms with E-state index in [0.717, 1.165) is 46.9 Å². The van der Waals surface area contributed by atoms with Gasteiger partial charge in [-0.1, -0.05) is 6.92 Å². The van der Waals surface area contributed by atoms with Gasteiger partial charge in [0.15, 0.2) is 0 Å². The van der Waals surface area contributed by atoms with E-state index in [1.165, 1.54) is 0 Å². The summed E-state index contributed by atoms with van der Waals surface area (Å²) in [5.74, 6) is -9.71. The minimum atomic E-state index is -1.75. The third-order valence-corrected chi connectivity index (χ3v) is 7.27. The second-order valence-electron chi connectivity index (χ2n) is 10.1. The summed E-state index contributed by atoms with van der Waals surface area (Å²) in [6.45, 7) is 5.81. The fraction of sp³-hybridized carbons (Fsp3) is 0.367. The van der Waals surface area contributed by atoms with Crippen LogP contribution >= 0.6 is 0 Å². The molecule has 13 heteroatoms. The Morgan fingerprint density at radius 1 is 0.767 bits per heavy atom. The number of ether oxygens (including phenoxy) is 5. The summed E-state index contributed by atoms with van der Waals surface area (Å²) in [4.78, 5) is 90.5. The number of aliphatic hydroxyl groups is 1. The lowest BCUT2D eigenvalue weighted by atomic mass is 9.67. The van der Waals surface area contributed by atoms with Gasteiger partial charge in [0.05, 0.1) is 35.0 Å². The molecule has 0 spiro atoms. The summed E-state index contributed by atoms with van der Waals surface area (Å²) < 4.78 is 26.4. The molecule has 0 aliphatic heterocycles. The summed E-state index contributed by atoms with van der Waals surface area (Å²) in [5, 5.41) is 11.6. The van der Waals surface area contributed by atoms with E-state index >= 15 is 0 Å². The van der Waals surface area contributed by atoms with Gasteiger partial charge >= 0.3 is 29.8 Å².